The van der Waals surface area contributed by atoms with Crippen molar-refractivity contribution >= 4 is 15.9 Å². The highest BCUT2D eigenvalue weighted by Crippen LogP contribution is 2.28. The maximum atomic E-state index is 12.7. The molecule has 0 bridgehead atoms. The van der Waals surface area contributed by atoms with E-state index >= 15 is 0 Å². The molecule has 3 rings (SSSR count). The second-order valence-corrected chi connectivity index (χ2v) is 8.90. The van der Waals surface area contributed by atoms with Crippen molar-refractivity contribution in [1.82, 2.24) is 9.62 Å². The molecule has 2 aromatic rings. The molecule has 0 aromatic heterocycles. The largest absolute Gasteiger partial charge is 0.496 e. The molecule has 0 fully saturated rings. The zero-order valence-corrected chi connectivity index (χ0v) is 17.5. The number of ether oxygens (including phenoxy) is 2. The van der Waals surface area contributed by atoms with Gasteiger partial charge in [0.2, 0.25) is 10.0 Å². The fourth-order valence-corrected chi connectivity index (χ4v) is 4.93. The molecule has 29 heavy (non-hydrogen) atoms. The first kappa shape index (κ1) is 21.1. The Morgan fingerprint density at radius 2 is 1.69 bits per heavy atom. The molecule has 156 valence electrons. The third kappa shape index (κ3) is 4.89. The standard InChI is InChI=1S/C21H26N2O5S/c1-27-18-9-5-10-19(28-2)20(18)21(24)22-12-6-14-29(25,26)23-13-11-16-7-3-4-8-17(16)15-23/h3-5,7-10H,6,11-15H2,1-2H3,(H,22,24). The van der Waals surface area contributed by atoms with Crippen LogP contribution in [0.3, 0.4) is 0 Å². The van der Waals surface area contributed by atoms with E-state index in [-0.39, 0.29) is 18.2 Å². The Bertz CT molecular complexity index is 953. The second-order valence-electron chi connectivity index (χ2n) is 6.82. The first-order valence-corrected chi connectivity index (χ1v) is 11.1. The summed E-state index contributed by atoms with van der Waals surface area (Å²) < 4.78 is 37.4. The molecule has 8 heteroatoms. The summed E-state index contributed by atoms with van der Waals surface area (Å²) in [5, 5.41) is 2.76. The molecule has 1 heterocycles. The molecule has 1 aliphatic heterocycles. The van der Waals surface area contributed by atoms with Crippen molar-refractivity contribution in [3.8, 4) is 11.5 Å². The molecule has 0 spiro atoms. The lowest BCUT2D eigenvalue weighted by Crippen LogP contribution is -2.38. The Morgan fingerprint density at radius 1 is 1.03 bits per heavy atom. The smallest absolute Gasteiger partial charge is 0.258 e. The minimum Gasteiger partial charge on any atom is -0.496 e. The molecule has 7 nitrogen and oxygen atoms in total. The topological polar surface area (TPSA) is 84.9 Å². The minimum atomic E-state index is -3.38. The van der Waals surface area contributed by atoms with Crippen LogP contribution in [0.25, 0.3) is 0 Å². The van der Waals surface area contributed by atoms with E-state index in [0.29, 0.717) is 36.6 Å². The number of sulfonamides is 1. The quantitative estimate of drug-likeness (QED) is 0.665. The number of carbonyl (C=O) groups is 1. The average Bonchev–Trinajstić information content (AvgIpc) is 2.75. The Balaban J connectivity index is 1.55. The highest BCUT2D eigenvalue weighted by Gasteiger charge is 2.26. The van der Waals surface area contributed by atoms with E-state index < -0.39 is 10.0 Å². The van der Waals surface area contributed by atoms with E-state index in [1.165, 1.54) is 24.1 Å². The first-order chi connectivity index (χ1) is 14.0. The van der Waals surface area contributed by atoms with Crippen molar-refractivity contribution in [2.75, 3.05) is 33.1 Å². The zero-order valence-electron chi connectivity index (χ0n) is 16.7. The number of rotatable bonds is 8. The highest BCUT2D eigenvalue weighted by atomic mass is 32.2. The Hall–Kier alpha value is -2.58. The van der Waals surface area contributed by atoms with Crippen LogP contribution in [0.4, 0.5) is 0 Å². The van der Waals surface area contributed by atoms with Crippen LogP contribution in [0.15, 0.2) is 42.5 Å². The number of methoxy groups -OCH3 is 2. The molecule has 1 amide bonds. The number of amides is 1. The lowest BCUT2D eigenvalue weighted by molar-refractivity contribution is 0.0947. The van der Waals surface area contributed by atoms with Crippen LogP contribution in [0.2, 0.25) is 0 Å². The predicted octanol–water partition coefficient (Wildman–Crippen LogP) is 2.21. The second kappa shape index (κ2) is 9.28. The molecule has 1 N–H and O–H groups in total. The molecule has 0 radical (unpaired) electrons. The van der Waals surface area contributed by atoms with Crippen LogP contribution in [-0.2, 0) is 23.0 Å². The van der Waals surface area contributed by atoms with Gasteiger partial charge in [0, 0.05) is 19.6 Å². The van der Waals surface area contributed by atoms with Gasteiger partial charge in [-0.25, -0.2) is 8.42 Å². The average molecular weight is 419 g/mol. The van der Waals surface area contributed by atoms with Crippen LogP contribution in [0, 0.1) is 0 Å². The summed E-state index contributed by atoms with van der Waals surface area (Å²) in [5.74, 6) is 0.435. The van der Waals surface area contributed by atoms with Gasteiger partial charge in [0.1, 0.15) is 17.1 Å². The van der Waals surface area contributed by atoms with Gasteiger partial charge in [0.25, 0.3) is 5.91 Å². The van der Waals surface area contributed by atoms with Gasteiger partial charge in [-0.3, -0.25) is 4.79 Å². The number of hydrogen-bond donors (Lipinski definition) is 1. The van der Waals surface area contributed by atoms with Crippen molar-refractivity contribution in [1.29, 1.82) is 0 Å². The highest BCUT2D eigenvalue weighted by molar-refractivity contribution is 7.89. The molecular weight excluding hydrogens is 392 g/mol. The molecule has 0 atom stereocenters. The molecule has 0 unspecified atom stereocenters. The Morgan fingerprint density at radius 3 is 2.34 bits per heavy atom. The van der Waals surface area contributed by atoms with Crippen LogP contribution < -0.4 is 14.8 Å². The fraction of sp³-hybridized carbons (Fsp3) is 0.381. The zero-order chi connectivity index (χ0) is 20.9. The van der Waals surface area contributed by atoms with Crippen molar-refractivity contribution < 1.29 is 22.7 Å². The van der Waals surface area contributed by atoms with Crippen LogP contribution in [0.1, 0.15) is 27.9 Å². The van der Waals surface area contributed by atoms with Crippen LogP contribution in [0.5, 0.6) is 11.5 Å². The Labute approximate surface area is 171 Å². The maximum absolute atomic E-state index is 12.7. The van der Waals surface area contributed by atoms with E-state index in [1.54, 1.807) is 18.2 Å². The summed E-state index contributed by atoms with van der Waals surface area (Å²) in [4.78, 5) is 12.5. The van der Waals surface area contributed by atoms with Crippen LogP contribution >= 0.6 is 0 Å². The summed E-state index contributed by atoms with van der Waals surface area (Å²) in [6.07, 6.45) is 1.05. The molecular formula is C21H26N2O5S. The maximum Gasteiger partial charge on any atom is 0.258 e. The number of hydrogen-bond acceptors (Lipinski definition) is 5. The van der Waals surface area contributed by atoms with Gasteiger partial charge in [0.05, 0.1) is 20.0 Å². The van der Waals surface area contributed by atoms with Gasteiger partial charge in [-0.05, 0) is 36.1 Å². The number of fused-ring (bicyclic) bond motifs is 1. The van der Waals surface area contributed by atoms with Crippen LogP contribution in [-0.4, -0.2) is 51.7 Å². The summed E-state index contributed by atoms with van der Waals surface area (Å²) >= 11 is 0. The van der Waals surface area contributed by atoms with Gasteiger partial charge in [-0.1, -0.05) is 30.3 Å². The van der Waals surface area contributed by atoms with E-state index in [0.717, 1.165) is 12.0 Å². The van der Waals surface area contributed by atoms with Gasteiger partial charge in [0.15, 0.2) is 0 Å². The normalized spacial score (nSPS) is 14.1. The van der Waals surface area contributed by atoms with E-state index in [9.17, 15) is 13.2 Å². The molecule has 0 saturated heterocycles. The monoisotopic (exact) mass is 418 g/mol. The molecule has 0 aliphatic carbocycles. The fourth-order valence-electron chi connectivity index (χ4n) is 3.46. The van der Waals surface area contributed by atoms with E-state index in [2.05, 4.69) is 5.32 Å². The van der Waals surface area contributed by atoms with Gasteiger partial charge in [-0.15, -0.1) is 0 Å². The number of nitrogens with one attached hydrogen (secondary N) is 1. The summed E-state index contributed by atoms with van der Waals surface area (Å²) in [6, 6.07) is 13.0. The Kier molecular flexibility index (Phi) is 6.76. The predicted molar refractivity (Wildman–Crippen MR) is 111 cm³/mol. The summed E-state index contributed by atoms with van der Waals surface area (Å²) in [6.45, 7) is 1.14. The lowest BCUT2D eigenvalue weighted by atomic mass is 10.0. The van der Waals surface area contributed by atoms with Gasteiger partial charge >= 0.3 is 0 Å². The number of benzene rings is 2. The van der Waals surface area contributed by atoms with Crippen molar-refractivity contribution in [3.63, 3.8) is 0 Å². The molecule has 1 aliphatic rings. The van der Waals surface area contributed by atoms with Gasteiger partial charge in [-0.2, -0.15) is 4.31 Å². The first-order valence-electron chi connectivity index (χ1n) is 9.50. The number of carbonyl (C=O) groups excluding carboxylic acids is 1. The number of nitrogens with zero attached hydrogens (tertiary/aromatic N) is 1. The summed E-state index contributed by atoms with van der Waals surface area (Å²) in [5.41, 5.74) is 2.56. The lowest BCUT2D eigenvalue weighted by Gasteiger charge is -2.28. The third-order valence-electron chi connectivity index (χ3n) is 5.01. The minimum absolute atomic E-state index is 0.0154. The molecule has 0 saturated carbocycles. The summed E-state index contributed by atoms with van der Waals surface area (Å²) in [7, 11) is -0.420. The van der Waals surface area contributed by atoms with E-state index in [1.807, 2.05) is 24.3 Å². The van der Waals surface area contributed by atoms with Crippen molar-refractivity contribution in [2.45, 2.75) is 19.4 Å². The van der Waals surface area contributed by atoms with Crippen molar-refractivity contribution in [2.24, 2.45) is 0 Å². The van der Waals surface area contributed by atoms with Gasteiger partial charge < -0.3 is 14.8 Å². The SMILES string of the molecule is COc1cccc(OC)c1C(=O)NCCCS(=O)(=O)N1CCc2ccccc2C1. The third-order valence-corrected chi connectivity index (χ3v) is 6.91. The molecule has 2 aromatic carbocycles. The van der Waals surface area contributed by atoms with Crippen molar-refractivity contribution in [3.05, 3.63) is 59.2 Å². The van der Waals surface area contributed by atoms with E-state index in [4.69, 9.17) is 9.47 Å².